The number of carbonyl (C=O) groups is 2. The Kier molecular flexibility index (Phi) is 4.39. The van der Waals surface area contributed by atoms with E-state index < -0.39 is 11.6 Å². The number of nitrogens with zero attached hydrogens (tertiary/aromatic N) is 1. The maximum absolute atomic E-state index is 11.7. The highest BCUT2D eigenvalue weighted by molar-refractivity contribution is 9.10. The second-order valence-corrected chi connectivity index (χ2v) is 7.95. The number of aldehydes is 1. The predicted molar refractivity (Wildman–Crippen MR) is 89.6 cm³/mol. The molecule has 1 N–H and O–H groups in total. The average Bonchev–Trinajstić information content (AvgIpc) is 3.11. The van der Waals surface area contributed by atoms with Crippen LogP contribution >= 0.6 is 15.9 Å². The van der Waals surface area contributed by atoms with Gasteiger partial charge in [-0.1, -0.05) is 15.9 Å². The molecule has 0 radical (unpaired) electrons. The van der Waals surface area contributed by atoms with Gasteiger partial charge >= 0.3 is 6.09 Å². The zero-order valence-corrected chi connectivity index (χ0v) is 15.0. The molecule has 1 fully saturated rings. The van der Waals surface area contributed by atoms with Crippen LogP contribution in [0.4, 0.5) is 4.79 Å². The molecule has 120 valence electrons. The van der Waals surface area contributed by atoms with Gasteiger partial charge < -0.3 is 5.11 Å². The summed E-state index contributed by atoms with van der Waals surface area (Å²) in [5.41, 5.74) is 1.76. The van der Waals surface area contributed by atoms with Crippen molar-refractivity contribution in [3.8, 4) is 0 Å². The molecule has 1 aliphatic rings. The number of halogens is 1. The second-order valence-electron chi connectivity index (χ2n) is 7.10. The van der Waals surface area contributed by atoms with E-state index in [0.717, 1.165) is 34.7 Å². The van der Waals surface area contributed by atoms with Gasteiger partial charge in [0.1, 0.15) is 6.29 Å². The van der Waals surface area contributed by atoms with Crippen molar-refractivity contribution in [3.63, 3.8) is 0 Å². The van der Waals surface area contributed by atoms with E-state index in [1.54, 1.807) is 4.90 Å². The van der Waals surface area contributed by atoms with Crippen molar-refractivity contribution in [3.05, 3.63) is 33.3 Å². The molecule has 1 aromatic rings. The zero-order valence-electron chi connectivity index (χ0n) is 13.4. The summed E-state index contributed by atoms with van der Waals surface area (Å²) in [6.45, 7) is 7.65. The van der Waals surface area contributed by atoms with Crippen LogP contribution in [-0.4, -0.2) is 33.5 Å². The van der Waals surface area contributed by atoms with Crippen molar-refractivity contribution in [2.24, 2.45) is 0 Å². The molecule has 1 saturated carbocycles. The third-order valence-corrected chi connectivity index (χ3v) is 5.09. The van der Waals surface area contributed by atoms with Gasteiger partial charge in [-0.05, 0) is 70.2 Å². The number of benzene rings is 1. The van der Waals surface area contributed by atoms with Gasteiger partial charge in [0.25, 0.3) is 0 Å². The van der Waals surface area contributed by atoms with E-state index in [9.17, 15) is 14.7 Å². The molecule has 0 saturated heterocycles. The van der Waals surface area contributed by atoms with Crippen LogP contribution < -0.4 is 0 Å². The largest absolute Gasteiger partial charge is 0.465 e. The molecule has 0 aromatic heterocycles. The van der Waals surface area contributed by atoms with Crippen molar-refractivity contribution in [2.75, 3.05) is 0 Å². The van der Waals surface area contributed by atoms with Gasteiger partial charge in [0, 0.05) is 15.6 Å². The fourth-order valence-corrected chi connectivity index (χ4v) is 3.71. The van der Waals surface area contributed by atoms with E-state index in [1.807, 2.05) is 39.8 Å². The van der Waals surface area contributed by atoms with Crippen molar-refractivity contribution >= 4 is 28.3 Å². The van der Waals surface area contributed by atoms with Crippen LogP contribution in [0, 0.1) is 6.92 Å². The van der Waals surface area contributed by atoms with Gasteiger partial charge in [-0.15, -0.1) is 0 Å². The van der Waals surface area contributed by atoms with Gasteiger partial charge in [0.15, 0.2) is 0 Å². The lowest BCUT2D eigenvalue weighted by atomic mass is 9.95. The van der Waals surface area contributed by atoms with Gasteiger partial charge in [-0.2, -0.15) is 0 Å². The molecule has 1 amide bonds. The molecule has 22 heavy (non-hydrogen) atoms. The lowest BCUT2D eigenvalue weighted by molar-refractivity contribution is 0.0605. The van der Waals surface area contributed by atoms with Gasteiger partial charge in [-0.25, -0.2) is 4.79 Å². The number of hydrogen-bond donors (Lipinski definition) is 1. The molecule has 1 aliphatic carbocycles. The molecule has 5 heteroatoms. The van der Waals surface area contributed by atoms with Crippen LogP contribution in [0.3, 0.4) is 0 Å². The van der Waals surface area contributed by atoms with E-state index >= 15 is 0 Å². The Hall–Kier alpha value is -1.36. The van der Waals surface area contributed by atoms with Crippen LogP contribution in [0.15, 0.2) is 16.6 Å². The van der Waals surface area contributed by atoms with Crippen molar-refractivity contribution in [2.45, 2.75) is 58.0 Å². The first-order valence-corrected chi connectivity index (χ1v) is 8.17. The molecule has 2 rings (SSSR count). The zero-order chi connectivity index (χ0) is 16.7. The third kappa shape index (κ3) is 3.19. The number of carbonyl (C=O) groups excluding carboxylic acids is 1. The first-order valence-electron chi connectivity index (χ1n) is 7.38. The fraction of sp³-hybridized carbons (Fsp3) is 0.529. The van der Waals surface area contributed by atoms with E-state index in [2.05, 4.69) is 15.9 Å². The van der Waals surface area contributed by atoms with Crippen LogP contribution in [0.2, 0.25) is 0 Å². The number of hydrogen-bond acceptors (Lipinski definition) is 2. The highest BCUT2D eigenvalue weighted by Gasteiger charge is 2.53. The topological polar surface area (TPSA) is 57.6 Å². The van der Waals surface area contributed by atoms with Crippen LogP contribution in [0.5, 0.6) is 0 Å². The van der Waals surface area contributed by atoms with Gasteiger partial charge in [-0.3, -0.25) is 9.69 Å². The summed E-state index contributed by atoms with van der Waals surface area (Å²) in [5, 5.41) is 9.62. The Morgan fingerprint density at radius 1 is 1.41 bits per heavy atom. The SMILES string of the molecule is Cc1c(Br)cc(CC2(N(C(=O)O)C(C)(C)C)CC2)cc1C=O. The van der Waals surface area contributed by atoms with E-state index in [4.69, 9.17) is 0 Å². The summed E-state index contributed by atoms with van der Waals surface area (Å²) in [7, 11) is 0. The Labute approximate surface area is 139 Å². The normalized spacial score (nSPS) is 16.2. The smallest absolute Gasteiger partial charge is 0.408 e. The summed E-state index contributed by atoms with van der Waals surface area (Å²) >= 11 is 3.48. The van der Waals surface area contributed by atoms with Crippen LogP contribution in [0.25, 0.3) is 0 Å². The Morgan fingerprint density at radius 2 is 2.00 bits per heavy atom. The van der Waals surface area contributed by atoms with Crippen LogP contribution in [0.1, 0.15) is 55.1 Å². The molecule has 4 nitrogen and oxygen atoms in total. The van der Waals surface area contributed by atoms with Crippen LogP contribution in [-0.2, 0) is 6.42 Å². The summed E-state index contributed by atoms with van der Waals surface area (Å²) in [5.74, 6) is 0. The van der Waals surface area contributed by atoms with Gasteiger partial charge in [0.2, 0.25) is 0 Å². The molecule has 0 spiro atoms. The average molecular weight is 368 g/mol. The number of rotatable bonds is 4. The molecule has 0 unspecified atom stereocenters. The molecule has 0 aliphatic heterocycles. The molecule has 0 heterocycles. The Bertz CT molecular complexity index is 615. The van der Waals surface area contributed by atoms with Gasteiger partial charge in [0.05, 0.1) is 5.54 Å². The van der Waals surface area contributed by atoms with Crippen molar-refractivity contribution in [1.29, 1.82) is 0 Å². The number of amides is 1. The summed E-state index contributed by atoms with van der Waals surface area (Å²) in [6.07, 6.45) is 2.32. The molecule has 1 aromatic carbocycles. The number of carboxylic acid groups (broad SMARTS) is 1. The lowest BCUT2D eigenvalue weighted by Gasteiger charge is -2.40. The Balaban J connectivity index is 2.36. The quantitative estimate of drug-likeness (QED) is 0.801. The maximum Gasteiger partial charge on any atom is 0.408 e. The minimum atomic E-state index is -0.883. The maximum atomic E-state index is 11.7. The summed E-state index contributed by atoms with van der Waals surface area (Å²) in [6, 6.07) is 3.86. The minimum absolute atomic E-state index is 0.348. The minimum Gasteiger partial charge on any atom is -0.465 e. The third-order valence-electron chi connectivity index (χ3n) is 4.27. The first-order chi connectivity index (χ1) is 10.1. The predicted octanol–water partition coefficient (Wildman–Crippen LogP) is 4.42. The summed E-state index contributed by atoms with van der Waals surface area (Å²) in [4.78, 5) is 24.5. The second kappa shape index (κ2) is 5.69. The fourth-order valence-electron chi connectivity index (χ4n) is 3.19. The van der Waals surface area contributed by atoms with E-state index in [0.29, 0.717) is 12.0 Å². The highest BCUT2D eigenvalue weighted by Crippen LogP contribution is 2.48. The lowest BCUT2D eigenvalue weighted by Crippen LogP contribution is -2.53. The summed E-state index contributed by atoms with van der Waals surface area (Å²) < 4.78 is 0.889. The molecular formula is C17H22BrNO3. The van der Waals surface area contributed by atoms with E-state index in [-0.39, 0.29) is 5.54 Å². The molecule has 0 bridgehead atoms. The Morgan fingerprint density at radius 3 is 2.41 bits per heavy atom. The standard InChI is InChI=1S/C17H22BrNO3/c1-11-13(10-20)7-12(8-14(11)18)9-17(5-6-17)19(15(21)22)16(2,3)4/h7-8,10H,5-6,9H2,1-4H3,(H,21,22). The molecule has 0 atom stereocenters. The molecular weight excluding hydrogens is 346 g/mol. The van der Waals surface area contributed by atoms with Crippen molar-refractivity contribution in [1.82, 2.24) is 4.90 Å². The highest BCUT2D eigenvalue weighted by atomic mass is 79.9. The van der Waals surface area contributed by atoms with E-state index in [1.165, 1.54) is 0 Å². The first kappa shape index (κ1) is 17.0. The monoisotopic (exact) mass is 367 g/mol. The van der Waals surface area contributed by atoms with Crippen molar-refractivity contribution < 1.29 is 14.7 Å².